The van der Waals surface area contributed by atoms with Crippen molar-refractivity contribution in [1.29, 1.82) is 0 Å². The molecule has 1 heterocycles. The number of benzene rings is 1. The van der Waals surface area contributed by atoms with Crippen molar-refractivity contribution in [2.75, 3.05) is 19.0 Å². The summed E-state index contributed by atoms with van der Waals surface area (Å²) in [5.41, 5.74) is 1.77. The van der Waals surface area contributed by atoms with Gasteiger partial charge in [-0.1, -0.05) is 17.7 Å². The number of hydrogen-bond donors (Lipinski definition) is 2. The predicted molar refractivity (Wildman–Crippen MR) is 101 cm³/mol. The predicted octanol–water partition coefficient (Wildman–Crippen LogP) is 2.82. The van der Waals surface area contributed by atoms with E-state index < -0.39 is 28.6 Å². The number of hydrogen-bond acceptors (Lipinski definition) is 6. The Hall–Kier alpha value is -1.59. The normalized spacial score (nSPS) is 16.8. The Kier molecular flexibility index (Phi) is 6.11. The number of nitrogens with zero attached hydrogens (tertiary/aromatic N) is 1. The summed E-state index contributed by atoms with van der Waals surface area (Å²) < 4.78 is 42.3. The average Bonchev–Trinajstić information content (AvgIpc) is 3.04. The van der Waals surface area contributed by atoms with Crippen LogP contribution in [0.5, 0.6) is 0 Å². The van der Waals surface area contributed by atoms with E-state index in [9.17, 15) is 17.6 Å². The van der Waals surface area contributed by atoms with Gasteiger partial charge in [-0.2, -0.15) is 13.1 Å². The first kappa shape index (κ1) is 20.2. The van der Waals surface area contributed by atoms with E-state index in [-0.39, 0.29) is 10.9 Å². The Morgan fingerprint density at radius 3 is 2.96 bits per heavy atom. The van der Waals surface area contributed by atoms with Crippen LogP contribution in [0, 0.1) is 5.82 Å². The molecule has 1 aromatic heterocycles. The van der Waals surface area contributed by atoms with Crippen molar-refractivity contribution in [3.63, 3.8) is 0 Å². The number of aromatic nitrogens is 1. The molecule has 3 rings (SSSR count). The zero-order chi connectivity index (χ0) is 19.6. The SMILES string of the molecule is CNS(=O)(=O)OCC(=O)Nc1nc2c(s1)C(c1ccc(F)c(Cl)c1)CCC2. The molecular formula is C16H17ClFN3O4S2. The number of anilines is 1. The highest BCUT2D eigenvalue weighted by atomic mass is 35.5. The van der Waals surface area contributed by atoms with Gasteiger partial charge in [-0.25, -0.2) is 13.6 Å². The van der Waals surface area contributed by atoms with Crippen molar-refractivity contribution in [2.45, 2.75) is 25.2 Å². The van der Waals surface area contributed by atoms with Crippen LogP contribution >= 0.6 is 22.9 Å². The molecule has 1 unspecified atom stereocenters. The van der Waals surface area contributed by atoms with Gasteiger partial charge >= 0.3 is 10.3 Å². The fourth-order valence-corrected chi connectivity index (χ4v) is 4.63. The number of halogens is 2. The maximum absolute atomic E-state index is 13.4. The Labute approximate surface area is 165 Å². The van der Waals surface area contributed by atoms with Crippen LogP contribution in [0.1, 0.15) is 34.9 Å². The standard InChI is InChI=1S/C16H17ClFN3O4S2/c1-19-27(23,24)25-8-14(22)21-16-20-13-4-2-3-10(15(13)26-16)9-5-6-12(18)11(17)7-9/h5-7,10,19H,2-4,8H2,1H3,(H,20,21,22). The maximum Gasteiger partial charge on any atom is 0.336 e. The minimum Gasteiger partial charge on any atom is -0.300 e. The lowest BCUT2D eigenvalue weighted by molar-refractivity contribution is -0.118. The van der Waals surface area contributed by atoms with Gasteiger partial charge in [0.2, 0.25) is 0 Å². The van der Waals surface area contributed by atoms with Crippen LogP contribution in [0.3, 0.4) is 0 Å². The molecule has 0 radical (unpaired) electrons. The third kappa shape index (κ3) is 4.82. The minimum atomic E-state index is -3.93. The summed E-state index contributed by atoms with van der Waals surface area (Å²) in [5, 5.41) is 2.99. The third-order valence-electron chi connectivity index (χ3n) is 4.14. The number of carbonyl (C=O) groups excluding carboxylic acids is 1. The lowest BCUT2D eigenvalue weighted by Crippen LogP contribution is -2.27. The van der Waals surface area contributed by atoms with Crippen molar-refractivity contribution in [2.24, 2.45) is 0 Å². The molecule has 1 atom stereocenters. The molecule has 7 nitrogen and oxygen atoms in total. The smallest absolute Gasteiger partial charge is 0.300 e. The molecule has 0 aliphatic heterocycles. The molecule has 27 heavy (non-hydrogen) atoms. The van der Waals surface area contributed by atoms with Crippen molar-refractivity contribution < 1.29 is 21.8 Å². The van der Waals surface area contributed by atoms with E-state index in [1.54, 1.807) is 12.1 Å². The number of rotatable bonds is 6. The van der Waals surface area contributed by atoms with E-state index in [4.69, 9.17) is 11.6 Å². The topological polar surface area (TPSA) is 97.4 Å². The molecule has 1 aliphatic carbocycles. The van der Waals surface area contributed by atoms with Crippen LogP contribution < -0.4 is 10.0 Å². The van der Waals surface area contributed by atoms with Gasteiger partial charge in [0.1, 0.15) is 12.4 Å². The summed E-state index contributed by atoms with van der Waals surface area (Å²) in [6.45, 7) is -0.648. The monoisotopic (exact) mass is 433 g/mol. The van der Waals surface area contributed by atoms with E-state index in [1.165, 1.54) is 24.5 Å². The van der Waals surface area contributed by atoms with Crippen LogP contribution in [0.15, 0.2) is 18.2 Å². The van der Waals surface area contributed by atoms with Crippen molar-refractivity contribution in [3.05, 3.63) is 45.2 Å². The van der Waals surface area contributed by atoms with Gasteiger partial charge in [-0.3, -0.25) is 10.1 Å². The molecule has 2 aromatic rings. The number of aryl methyl sites for hydroxylation is 1. The Bertz CT molecular complexity index is 965. The first-order chi connectivity index (χ1) is 12.8. The van der Waals surface area contributed by atoms with Crippen LogP contribution in [-0.2, 0) is 25.7 Å². The quantitative estimate of drug-likeness (QED) is 0.730. The first-order valence-corrected chi connectivity index (χ1v) is 10.7. The second-order valence-electron chi connectivity index (χ2n) is 5.92. The number of thiazole rings is 1. The molecule has 0 saturated heterocycles. The van der Waals surface area contributed by atoms with E-state index >= 15 is 0 Å². The minimum absolute atomic E-state index is 0.0240. The molecule has 0 spiro atoms. The van der Waals surface area contributed by atoms with E-state index in [0.717, 1.165) is 35.4 Å². The van der Waals surface area contributed by atoms with Gasteiger partial charge in [0, 0.05) is 17.8 Å². The van der Waals surface area contributed by atoms with Gasteiger partial charge in [-0.15, -0.1) is 11.3 Å². The highest BCUT2D eigenvalue weighted by molar-refractivity contribution is 7.84. The largest absolute Gasteiger partial charge is 0.336 e. The van der Waals surface area contributed by atoms with Crippen molar-refractivity contribution in [1.82, 2.24) is 9.71 Å². The van der Waals surface area contributed by atoms with Crippen molar-refractivity contribution >= 4 is 44.3 Å². The van der Waals surface area contributed by atoms with Crippen LogP contribution in [0.4, 0.5) is 9.52 Å². The first-order valence-electron chi connectivity index (χ1n) is 8.11. The second kappa shape index (κ2) is 8.19. The van der Waals surface area contributed by atoms with Crippen LogP contribution in [0.25, 0.3) is 0 Å². The molecule has 1 aromatic carbocycles. The molecule has 0 saturated carbocycles. The highest BCUT2D eigenvalue weighted by Gasteiger charge is 2.27. The number of carbonyl (C=O) groups is 1. The van der Waals surface area contributed by atoms with Gasteiger partial charge in [-0.05, 0) is 37.0 Å². The second-order valence-corrected chi connectivity index (χ2v) is 8.91. The van der Waals surface area contributed by atoms with Gasteiger partial charge in [0.25, 0.3) is 5.91 Å². The van der Waals surface area contributed by atoms with Gasteiger partial charge in [0.15, 0.2) is 5.13 Å². The molecule has 0 bridgehead atoms. The van der Waals surface area contributed by atoms with E-state index in [1.807, 2.05) is 4.72 Å². The van der Waals surface area contributed by atoms with Gasteiger partial charge < -0.3 is 0 Å². The maximum atomic E-state index is 13.4. The summed E-state index contributed by atoms with van der Waals surface area (Å²) in [6.07, 6.45) is 2.55. The van der Waals surface area contributed by atoms with E-state index in [2.05, 4.69) is 14.5 Å². The summed E-state index contributed by atoms with van der Waals surface area (Å²) in [7, 11) is -2.75. The molecule has 0 fully saturated rings. The number of fused-ring (bicyclic) bond motifs is 1. The van der Waals surface area contributed by atoms with Crippen LogP contribution in [0.2, 0.25) is 5.02 Å². The zero-order valence-electron chi connectivity index (χ0n) is 14.3. The van der Waals surface area contributed by atoms with Crippen molar-refractivity contribution in [3.8, 4) is 0 Å². The molecule has 2 N–H and O–H groups in total. The number of nitrogens with one attached hydrogen (secondary N) is 2. The fraction of sp³-hybridized carbons (Fsp3) is 0.375. The summed E-state index contributed by atoms with van der Waals surface area (Å²) in [4.78, 5) is 17.3. The highest BCUT2D eigenvalue weighted by Crippen LogP contribution is 2.42. The molecule has 1 aliphatic rings. The average molecular weight is 434 g/mol. The molecule has 146 valence electrons. The summed E-state index contributed by atoms with van der Waals surface area (Å²) in [6, 6.07) is 4.66. The molecule has 11 heteroatoms. The zero-order valence-corrected chi connectivity index (χ0v) is 16.7. The molecule has 1 amide bonds. The number of amides is 1. The lowest BCUT2D eigenvalue weighted by Gasteiger charge is -2.21. The van der Waals surface area contributed by atoms with Crippen LogP contribution in [-0.4, -0.2) is 33.0 Å². The molecular weight excluding hydrogens is 417 g/mol. The van der Waals surface area contributed by atoms with E-state index in [0.29, 0.717) is 5.13 Å². The Balaban J connectivity index is 1.75. The Morgan fingerprint density at radius 2 is 2.26 bits per heavy atom. The lowest BCUT2D eigenvalue weighted by atomic mass is 9.86. The fourth-order valence-electron chi connectivity index (χ4n) is 2.87. The summed E-state index contributed by atoms with van der Waals surface area (Å²) in [5.74, 6) is -1.07. The third-order valence-corrected chi connectivity index (χ3v) is 6.48. The Morgan fingerprint density at radius 1 is 1.48 bits per heavy atom. The summed E-state index contributed by atoms with van der Waals surface area (Å²) >= 11 is 7.22. The van der Waals surface area contributed by atoms with Gasteiger partial charge in [0.05, 0.1) is 10.7 Å².